The Kier molecular flexibility index (Phi) is 6.36. The predicted octanol–water partition coefficient (Wildman–Crippen LogP) is 2.02. The van der Waals surface area contributed by atoms with Crippen molar-refractivity contribution in [3.8, 4) is 0 Å². The average Bonchev–Trinajstić information content (AvgIpc) is 2.72. The quantitative estimate of drug-likeness (QED) is 0.768. The van der Waals surface area contributed by atoms with E-state index >= 15 is 0 Å². The summed E-state index contributed by atoms with van der Waals surface area (Å²) in [7, 11) is 4.20. The number of hydrogen-bond donors (Lipinski definition) is 1. The van der Waals surface area contributed by atoms with E-state index in [1.807, 2.05) is 19.4 Å². The van der Waals surface area contributed by atoms with Crippen LogP contribution < -0.4 is 5.32 Å². The largest absolute Gasteiger partial charge is 0.337 e. The van der Waals surface area contributed by atoms with Crippen LogP contribution in [-0.4, -0.2) is 40.1 Å². The number of hydrogen-bond acceptors (Lipinski definition) is 3. The molecule has 0 saturated heterocycles. The molecule has 18 heavy (non-hydrogen) atoms. The van der Waals surface area contributed by atoms with Gasteiger partial charge in [0.25, 0.3) is 0 Å². The molecule has 1 aromatic rings. The van der Waals surface area contributed by atoms with Crippen LogP contribution in [0.5, 0.6) is 0 Å². The summed E-state index contributed by atoms with van der Waals surface area (Å²) in [5.74, 6) is 1.12. The van der Waals surface area contributed by atoms with Gasteiger partial charge in [0.15, 0.2) is 0 Å². The van der Waals surface area contributed by atoms with E-state index in [0.717, 1.165) is 18.9 Å². The lowest BCUT2D eigenvalue weighted by atomic mass is 10.2. The third-order valence-corrected chi connectivity index (χ3v) is 3.55. The lowest BCUT2D eigenvalue weighted by molar-refractivity contribution is 0.230. The number of imidazole rings is 1. The van der Waals surface area contributed by atoms with Crippen molar-refractivity contribution >= 4 is 0 Å². The molecule has 2 unspecified atom stereocenters. The number of likely N-dealkylation sites (N-methyl/N-ethyl adjacent to an activating group) is 1. The minimum Gasteiger partial charge on any atom is -0.337 e. The Bertz CT molecular complexity index is 334. The molecular formula is C14H28N4. The number of aryl methyl sites for hydroxylation is 1. The van der Waals surface area contributed by atoms with Crippen LogP contribution in [-0.2, 0) is 13.6 Å². The van der Waals surface area contributed by atoms with Crippen LogP contribution >= 0.6 is 0 Å². The predicted molar refractivity (Wildman–Crippen MR) is 76.5 cm³/mol. The first-order valence-corrected chi connectivity index (χ1v) is 6.94. The van der Waals surface area contributed by atoms with Crippen LogP contribution in [0.15, 0.2) is 12.4 Å². The molecule has 0 aliphatic heterocycles. The van der Waals surface area contributed by atoms with Gasteiger partial charge in [0.2, 0.25) is 0 Å². The van der Waals surface area contributed by atoms with E-state index in [1.165, 1.54) is 12.8 Å². The molecule has 4 heteroatoms. The first-order valence-electron chi connectivity index (χ1n) is 6.94. The third-order valence-electron chi connectivity index (χ3n) is 3.55. The summed E-state index contributed by atoms with van der Waals surface area (Å²) in [4.78, 5) is 6.70. The van der Waals surface area contributed by atoms with Gasteiger partial charge in [-0.3, -0.25) is 4.90 Å². The first-order chi connectivity index (χ1) is 8.54. The zero-order valence-electron chi connectivity index (χ0n) is 12.5. The summed E-state index contributed by atoms with van der Waals surface area (Å²) in [6.07, 6.45) is 6.34. The fourth-order valence-electron chi connectivity index (χ4n) is 1.99. The second kappa shape index (κ2) is 7.54. The number of aromatic nitrogens is 2. The summed E-state index contributed by atoms with van der Waals surface area (Å²) in [5, 5.41) is 3.59. The van der Waals surface area contributed by atoms with Gasteiger partial charge in [-0.05, 0) is 27.3 Å². The highest BCUT2D eigenvalue weighted by Gasteiger charge is 2.12. The van der Waals surface area contributed by atoms with E-state index in [1.54, 1.807) is 0 Å². The van der Waals surface area contributed by atoms with Crippen molar-refractivity contribution in [2.75, 3.05) is 13.6 Å². The lowest BCUT2D eigenvalue weighted by Gasteiger charge is -2.26. The summed E-state index contributed by atoms with van der Waals surface area (Å²) in [6.45, 7) is 8.68. The van der Waals surface area contributed by atoms with Crippen molar-refractivity contribution in [1.29, 1.82) is 0 Å². The number of nitrogens with zero attached hydrogens (tertiary/aromatic N) is 3. The molecule has 0 bridgehead atoms. The Morgan fingerprint density at radius 3 is 2.72 bits per heavy atom. The standard InChI is InChI=1S/C14H28N4/c1-6-7-12(2)16-10-13(3)18(5)11-14-15-8-9-17(14)4/h8-9,12-13,16H,6-7,10-11H2,1-5H3. The SMILES string of the molecule is CCCC(C)NCC(C)N(C)Cc1nccn1C. The van der Waals surface area contributed by atoms with Gasteiger partial charge >= 0.3 is 0 Å². The third kappa shape index (κ3) is 4.78. The molecule has 0 aliphatic carbocycles. The van der Waals surface area contributed by atoms with Crippen molar-refractivity contribution in [3.05, 3.63) is 18.2 Å². The van der Waals surface area contributed by atoms with Gasteiger partial charge in [0, 0.05) is 38.1 Å². The Labute approximate surface area is 111 Å². The average molecular weight is 252 g/mol. The summed E-state index contributed by atoms with van der Waals surface area (Å²) in [6, 6.07) is 1.13. The summed E-state index contributed by atoms with van der Waals surface area (Å²) >= 11 is 0. The maximum Gasteiger partial charge on any atom is 0.122 e. The Morgan fingerprint density at radius 2 is 2.17 bits per heavy atom. The number of nitrogens with one attached hydrogen (secondary N) is 1. The van der Waals surface area contributed by atoms with Gasteiger partial charge in [0.1, 0.15) is 5.82 Å². The van der Waals surface area contributed by atoms with Gasteiger partial charge in [-0.15, -0.1) is 0 Å². The van der Waals surface area contributed by atoms with E-state index in [2.05, 4.69) is 47.6 Å². The molecule has 1 heterocycles. The molecule has 0 amide bonds. The van der Waals surface area contributed by atoms with E-state index < -0.39 is 0 Å². The van der Waals surface area contributed by atoms with Crippen LogP contribution in [0.1, 0.15) is 39.4 Å². The Balaban J connectivity index is 2.33. The molecule has 1 rings (SSSR count). The van der Waals surface area contributed by atoms with E-state index in [4.69, 9.17) is 0 Å². The highest BCUT2D eigenvalue weighted by molar-refractivity contribution is 4.91. The van der Waals surface area contributed by atoms with Crippen molar-refractivity contribution in [3.63, 3.8) is 0 Å². The van der Waals surface area contributed by atoms with Gasteiger partial charge in [-0.2, -0.15) is 0 Å². The van der Waals surface area contributed by atoms with Crippen molar-refractivity contribution in [1.82, 2.24) is 19.8 Å². The molecule has 2 atom stereocenters. The first kappa shape index (κ1) is 15.2. The van der Waals surface area contributed by atoms with E-state index in [0.29, 0.717) is 12.1 Å². The van der Waals surface area contributed by atoms with Gasteiger partial charge in [-0.1, -0.05) is 13.3 Å². The van der Waals surface area contributed by atoms with Crippen molar-refractivity contribution in [2.45, 2.75) is 52.2 Å². The van der Waals surface area contributed by atoms with Crippen molar-refractivity contribution < 1.29 is 0 Å². The molecule has 0 aliphatic rings. The molecule has 0 saturated carbocycles. The molecule has 1 N–H and O–H groups in total. The normalized spacial score (nSPS) is 15.0. The molecule has 1 aromatic heterocycles. The summed E-state index contributed by atoms with van der Waals surface area (Å²) in [5.41, 5.74) is 0. The lowest BCUT2D eigenvalue weighted by Crippen LogP contribution is -2.40. The Hall–Kier alpha value is -0.870. The van der Waals surface area contributed by atoms with Crippen molar-refractivity contribution in [2.24, 2.45) is 7.05 Å². The van der Waals surface area contributed by atoms with Crippen LogP contribution in [0.3, 0.4) is 0 Å². The fraction of sp³-hybridized carbons (Fsp3) is 0.786. The monoisotopic (exact) mass is 252 g/mol. The smallest absolute Gasteiger partial charge is 0.122 e. The van der Waals surface area contributed by atoms with Gasteiger partial charge in [0.05, 0.1) is 6.54 Å². The molecule has 4 nitrogen and oxygen atoms in total. The van der Waals surface area contributed by atoms with Gasteiger partial charge < -0.3 is 9.88 Å². The maximum atomic E-state index is 4.36. The molecule has 0 fully saturated rings. The van der Waals surface area contributed by atoms with Gasteiger partial charge in [-0.25, -0.2) is 4.98 Å². The van der Waals surface area contributed by atoms with Crippen LogP contribution in [0.4, 0.5) is 0 Å². The molecule has 104 valence electrons. The molecule has 0 radical (unpaired) electrons. The Morgan fingerprint density at radius 1 is 1.44 bits per heavy atom. The van der Waals surface area contributed by atoms with E-state index in [-0.39, 0.29) is 0 Å². The highest BCUT2D eigenvalue weighted by atomic mass is 15.2. The zero-order valence-corrected chi connectivity index (χ0v) is 12.5. The summed E-state index contributed by atoms with van der Waals surface area (Å²) < 4.78 is 2.08. The maximum absolute atomic E-state index is 4.36. The van der Waals surface area contributed by atoms with Crippen LogP contribution in [0, 0.1) is 0 Å². The second-order valence-corrected chi connectivity index (χ2v) is 5.32. The minimum atomic E-state index is 0.515. The topological polar surface area (TPSA) is 33.1 Å². The van der Waals surface area contributed by atoms with Crippen LogP contribution in [0.2, 0.25) is 0 Å². The second-order valence-electron chi connectivity index (χ2n) is 5.32. The van der Waals surface area contributed by atoms with Crippen LogP contribution in [0.25, 0.3) is 0 Å². The zero-order chi connectivity index (χ0) is 13.5. The highest BCUT2D eigenvalue weighted by Crippen LogP contribution is 2.04. The minimum absolute atomic E-state index is 0.515. The molecule has 0 aromatic carbocycles. The molecular weight excluding hydrogens is 224 g/mol. The fourth-order valence-corrected chi connectivity index (χ4v) is 1.99. The number of rotatable bonds is 8. The van der Waals surface area contributed by atoms with E-state index in [9.17, 15) is 0 Å². The molecule has 0 spiro atoms.